The van der Waals surface area contributed by atoms with E-state index in [4.69, 9.17) is 4.74 Å². The molecule has 0 unspecified atom stereocenters. The third-order valence-corrected chi connectivity index (χ3v) is 4.43. The molecular formula is C20H19N2O5-. The predicted octanol–water partition coefficient (Wildman–Crippen LogP) is 1.61. The van der Waals surface area contributed by atoms with E-state index in [9.17, 15) is 19.8 Å². The van der Waals surface area contributed by atoms with Gasteiger partial charge in [-0.2, -0.15) is 5.10 Å². The Labute approximate surface area is 156 Å². The van der Waals surface area contributed by atoms with Crippen molar-refractivity contribution in [3.63, 3.8) is 0 Å². The first kappa shape index (κ1) is 18.4. The summed E-state index contributed by atoms with van der Waals surface area (Å²) >= 11 is 0. The van der Waals surface area contributed by atoms with Crippen molar-refractivity contribution in [3.8, 4) is 11.5 Å². The Morgan fingerprint density at radius 3 is 2.52 bits per heavy atom. The van der Waals surface area contributed by atoms with E-state index in [1.165, 1.54) is 5.01 Å². The quantitative estimate of drug-likeness (QED) is 0.836. The molecule has 0 saturated heterocycles. The van der Waals surface area contributed by atoms with Crippen molar-refractivity contribution in [2.45, 2.75) is 25.3 Å². The van der Waals surface area contributed by atoms with Crippen molar-refractivity contribution in [1.29, 1.82) is 0 Å². The number of aliphatic carboxylic acids is 1. The highest BCUT2D eigenvalue weighted by molar-refractivity contribution is 6.03. The number of rotatable bonds is 6. The standard InChI is InChI=1S/C20H20N2O5/c1-27-14-8-6-13(7-9-14)16-12-17(15-4-2-3-5-18(15)23)22(21-16)19(24)10-11-20(25)26/h2-9,17,23H,10-12H2,1H3,(H,25,26)/p-1/t17-/m1/s1. The van der Waals surface area contributed by atoms with Crippen molar-refractivity contribution in [1.82, 2.24) is 5.01 Å². The summed E-state index contributed by atoms with van der Waals surface area (Å²) in [5, 5.41) is 26.6. The molecule has 2 aromatic rings. The molecule has 7 heteroatoms. The molecule has 0 fully saturated rings. The topological polar surface area (TPSA) is 102 Å². The Bertz CT molecular complexity index is 876. The minimum absolute atomic E-state index is 0.0615. The van der Waals surface area contributed by atoms with E-state index >= 15 is 0 Å². The van der Waals surface area contributed by atoms with Crippen molar-refractivity contribution in [2.75, 3.05) is 7.11 Å². The number of carboxylic acid groups (broad SMARTS) is 1. The van der Waals surface area contributed by atoms with Crippen LogP contribution in [0.3, 0.4) is 0 Å². The maximum absolute atomic E-state index is 12.5. The average Bonchev–Trinajstić information content (AvgIpc) is 3.11. The zero-order valence-electron chi connectivity index (χ0n) is 14.8. The van der Waals surface area contributed by atoms with E-state index in [0.29, 0.717) is 23.4 Å². The number of carboxylic acids is 1. The maximum Gasteiger partial charge on any atom is 0.243 e. The average molecular weight is 367 g/mol. The van der Waals surface area contributed by atoms with Crippen LogP contribution in [-0.4, -0.2) is 34.8 Å². The van der Waals surface area contributed by atoms with Crippen molar-refractivity contribution in [2.24, 2.45) is 5.10 Å². The van der Waals surface area contributed by atoms with Crippen molar-refractivity contribution in [3.05, 3.63) is 59.7 Å². The summed E-state index contributed by atoms with van der Waals surface area (Å²) in [7, 11) is 1.58. The number of hydrogen-bond donors (Lipinski definition) is 1. The molecule has 1 N–H and O–H groups in total. The van der Waals surface area contributed by atoms with Crippen LogP contribution in [0.4, 0.5) is 0 Å². The molecular weight excluding hydrogens is 348 g/mol. The van der Waals surface area contributed by atoms with Crippen molar-refractivity contribution >= 4 is 17.6 Å². The summed E-state index contributed by atoms with van der Waals surface area (Å²) in [5.74, 6) is -0.958. The number of benzene rings is 2. The Morgan fingerprint density at radius 2 is 1.89 bits per heavy atom. The lowest BCUT2D eigenvalue weighted by Crippen LogP contribution is -2.29. The fourth-order valence-corrected chi connectivity index (χ4v) is 3.03. The fourth-order valence-electron chi connectivity index (χ4n) is 3.03. The van der Waals surface area contributed by atoms with Crippen molar-refractivity contribution < 1.29 is 24.5 Å². The monoisotopic (exact) mass is 367 g/mol. The molecule has 0 saturated carbocycles. The summed E-state index contributed by atoms with van der Waals surface area (Å²) in [4.78, 5) is 23.2. The molecule has 1 heterocycles. The van der Waals surface area contributed by atoms with Crippen LogP contribution < -0.4 is 9.84 Å². The Kier molecular flexibility index (Phi) is 5.40. The lowest BCUT2D eigenvalue weighted by atomic mass is 9.97. The molecule has 0 aliphatic carbocycles. The van der Waals surface area contributed by atoms with Gasteiger partial charge in [-0.3, -0.25) is 4.79 Å². The molecule has 1 atom stereocenters. The maximum atomic E-state index is 12.5. The van der Waals surface area contributed by atoms with Crippen LogP contribution in [0.1, 0.15) is 36.4 Å². The molecule has 0 spiro atoms. The van der Waals surface area contributed by atoms with Crippen LogP contribution in [0.15, 0.2) is 53.6 Å². The fraction of sp³-hybridized carbons (Fsp3) is 0.250. The first-order valence-electron chi connectivity index (χ1n) is 8.51. The van der Waals surface area contributed by atoms with Crippen LogP contribution in [0.5, 0.6) is 11.5 Å². The van der Waals surface area contributed by atoms with E-state index < -0.39 is 17.9 Å². The zero-order valence-corrected chi connectivity index (χ0v) is 14.8. The molecule has 7 nitrogen and oxygen atoms in total. The highest BCUT2D eigenvalue weighted by Crippen LogP contribution is 2.37. The summed E-state index contributed by atoms with van der Waals surface area (Å²) in [6.07, 6.45) is -0.191. The van der Waals surface area contributed by atoms with Crippen LogP contribution in [0.2, 0.25) is 0 Å². The lowest BCUT2D eigenvalue weighted by molar-refractivity contribution is -0.305. The number of amides is 1. The second-order valence-electron chi connectivity index (χ2n) is 6.16. The molecule has 0 radical (unpaired) electrons. The number of aromatic hydroxyl groups is 1. The first-order chi connectivity index (χ1) is 13.0. The summed E-state index contributed by atoms with van der Waals surface area (Å²) in [5.41, 5.74) is 2.06. The van der Waals surface area contributed by atoms with Gasteiger partial charge in [0, 0.05) is 24.4 Å². The van der Waals surface area contributed by atoms with Gasteiger partial charge in [0.25, 0.3) is 0 Å². The number of phenols is 1. The number of phenolic OH excluding ortho intramolecular Hbond substituents is 1. The number of nitrogens with zero attached hydrogens (tertiary/aromatic N) is 2. The highest BCUT2D eigenvalue weighted by atomic mass is 16.5. The van der Waals surface area contributed by atoms with Crippen LogP contribution in [-0.2, 0) is 9.59 Å². The Morgan fingerprint density at radius 1 is 1.19 bits per heavy atom. The summed E-state index contributed by atoms with van der Waals surface area (Å²) < 4.78 is 5.15. The minimum atomic E-state index is -1.29. The number of ether oxygens (including phenoxy) is 1. The normalized spacial score (nSPS) is 16.1. The molecule has 0 aromatic heterocycles. The Hall–Kier alpha value is -3.35. The molecule has 1 amide bonds. The van der Waals surface area contributed by atoms with Crippen LogP contribution in [0.25, 0.3) is 0 Å². The minimum Gasteiger partial charge on any atom is -0.550 e. The van der Waals surface area contributed by atoms with Crippen LogP contribution in [0, 0.1) is 0 Å². The number of hydrogen-bond acceptors (Lipinski definition) is 6. The van der Waals surface area contributed by atoms with Gasteiger partial charge in [-0.15, -0.1) is 0 Å². The van der Waals surface area contributed by atoms with Gasteiger partial charge in [-0.1, -0.05) is 18.2 Å². The van der Waals surface area contributed by atoms with E-state index in [0.717, 1.165) is 5.56 Å². The Balaban J connectivity index is 1.91. The van der Waals surface area contributed by atoms with Gasteiger partial charge in [-0.25, -0.2) is 5.01 Å². The zero-order chi connectivity index (χ0) is 19.4. The third-order valence-electron chi connectivity index (χ3n) is 4.43. The molecule has 27 heavy (non-hydrogen) atoms. The van der Waals surface area contributed by atoms with Gasteiger partial charge in [0.05, 0.1) is 18.9 Å². The first-order valence-corrected chi connectivity index (χ1v) is 8.51. The van der Waals surface area contributed by atoms with Gasteiger partial charge >= 0.3 is 0 Å². The number of carbonyl (C=O) groups is 2. The third kappa shape index (κ3) is 4.08. The number of hydrazone groups is 1. The molecule has 140 valence electrons. The number of carbonyl (C=O) groups excluding carboxylic acids is 2. The SMILES string of the molecule is COc1ccc(C2=NN(C(=O)CCC(=O)[O-])[C@@H](c3ccccc3O)C2)cc1. The molecule has 3 rings (SSSR count). The van der Waals surface area contributed by atoms with E-state index in [1.54, 1.807) is 43.5 Å². The van der Waals surface area contributed by atoms with E-state index in [-0.39, 0.29) is 18.6 Å². The highest BCUT2D eigenvalue weighted by Gasteiger charge is 2.34. The summed E-state index contributed by atoms with van der Waals surface area (Å²) in [6, 6.07) is 13.5. The number of para-hydroxylation sites is 1. The smallest absolute Gasteiger partial charge is 0.243 e. The molecule has 1 aliphatic heterocycles. The van der Waals surface area contributed by atoms with Gasteiger partial charge in [-0.05, 0) is 42.3 Å². The van der Waals surface area contributed by atoms with Gasteiger partial charge in [0.1, 0.15) is 11.5 Å². The van der Waals surface area contributed by atoms with E-state index in [1.807, 2.05) is 12.1 Å². The van der Waals surface area contributed by atoms with Gasteiger partial charge < -0.3 is 19.7 Å². The number of methoxy groups -OCH3 is 1. The second kappa shape index (κ2) is 7.90. The molecule has 0 bridgehead atoms. The molecule has 2 aromatic carbocycles. The molecule has 1 aliphatic rings. The predicted molar refractivity (Wildman–Crippen MR) is 96.1 cm³/mol. The van der Waals surface area contributed by atoms with E-state index in [2.05, 4.69) is 5.10 Å². The summed E-state index contributed by atoms with van der Waals surface area (Å²) in [6.45, 7) is 0. The van der Waals surface area contributed by atoms with Gasteiger partial charge in [0.2, 0.25) is 5.91 Å². The van der Waals surface area contributed by atoms with Crippen LogP contribution >= 0.6 is 0 Å². The second-order valence-corrected chi connectivity index (χ2v) is 6.16. The van der Waals surface area contributed by atoms with Gasteiger partial charge in [0.15, 0.2) is 0 Å². The lowest BCUT2D eigenvalue weighted by Gasteiger charge is -2.22. The largest absolute Gasteiger partial charge is 0.550 e.